The van der Waals surface area contributed by atoms with Gasteiger partial charge in [0.2, 0.25) is 0 Å². The van der Waals surface area contributed by atoms with Gasteiger partial charge in [-0.1, -0.05) is 38.5 Å². The first-order valence-electron chi connectivity index (χ1n) is 8.18. The summed E-state index contributed by atoms with van der Waals surface area (Å²) >= 11 is 0. The molecule has 1 aliphatic rings. The summed E-state index contributed by atoms with van der Waals surface area (Å²) in [7, 11) is -2.40. The number of hydrogen-bond acceptors (Lipinski definition) is 3. The zero-order valence-corrected chi connectivity index (χ0v) is 14.1. The average molecular weight is 289 g/mol. The van der Waals surface area contributed by atoms with Gasteiger partial charge in [-0.3, -0.25) is 0 Å². The Morgan fingerprint density at radius 3 is 1.68 bits per heavy atom. The van der Waals surface area contributed by atoms with Crippen LogP contribution in [0.25, 0.3) is 0 Å². The van der Waals surface area contributed by atoms with Gasteiger partial charge in [0.05, 0.1) is 0 Å². The maximum Gasteiger partial charge on any atom is 0.500 e. The molecule has 19 heavy (non-hydrogen) atoms. The van der Waals surface area contributed by atoms with E-state index < -0.39 is 8.80 Å². The second-order valence-electron chi connectivity index (χ2n) is 5.38. The second kappa shape index (κ2) is 9.92. The highest BCUT2D eigenvalue weighted by Crippen LogP contribution is 2.30. The van der Waals surface area contributed by atoms with Gasteiger partial charge >= 0.3 is 8.80 Å². The zero-order valence-electron chi connectivity index (χ0n) is 13.1. The van der Waals surface area contributed by atoms with E-state index in [9.17, 15) is 0 Å². The van der Waals surface area contributed by atoms with Crippen molar-refractivity contribution in [1.82, 2.24) is 0 Å². The molecule has 1 fully saturated rings. The maximum atomic E-state index is 5.93. The Morgan fingerprint density at radius 2 is 1.26 bits per heavy atom. The molecule has 4 heteroatoms. The second-order valence-corrected chi connectivity index (χ2v) is 8.11. The topological polar surface area (TPSA) is 27.7 Å². The van der Waals surface area contributed by atoms with E-state index in [2.05, 4.69) is 0 Å². The predicted octanol–water partition coefficient (Wildman–Crippen LogP) is 4.40. The lowest BCUT2D eigenvalue weighted by molar-refractivity contribution is 0.0693. The summed E-state index contributed by atoms with van der Waals surface area (Å²) in [6, 6.07) is 0.993. The molecule has 3 nitrogen and oxygen atoms in total. The van der Waals surface area contributed by atoms with Crippen LogP contribution in [0.15, 0.2) is 0 Å². The predicted molar refractivity (Wildman–Crippen MR) is 81.2 cm³/mol. The Morgan fingerprint density at radius 1 is 0.789 bits per heavy atom. The monoisotopic (exact) mass is 288 g/mol. The molecule has 0 heterocycles. The highest BCUT2D eigenvalue weighted by Gasteiger charge is 2.40. The summed E-state index contributed by atoms with van der Waals surface area (Å²) in [5.74, 6) is 0.857. The molecule has 1 rings (SSSR count). The van der Waals surface area contributed by atoms with Gasteiger partial charge in [0, 0.05) is 25.9 Å². The quantitative estimate of drug-likeness (QED) is 0.465. The van der Waals surface area contributed by atoms with Crippen molar-refractivity contribution in [3.8, 4) is 0 Å². The lowest BCUT2D eigenvalue weighted by Crippen LogP contribution is -2.46. The molecule has 0 spiro atoms. The Balaban J connectivity index is 2.49. The first-order valence-corrected chi connectivity index (χ1v) is 10.1. The molecule has 1 aliphatic carbocycles. The van der Waals surface area contributed by atoms with Crippen LogP contribution in [0.2, 0.25) is 6.04 Å². The molecular weight excluding hydrogens is 256 g/mol. The van der Waals surface area contributed by atoms with E-state index in [4.69, 9.17) is 13.3 Å². The van der Waals surface area contributed by atoms with Gasteiger partial charge in [-0.05, 0) is 33.1 Å². The molecule has 0 aromatic rings. The third kappa shape index (κ3) is 6.39. The van der Waals surface area contributed by atoms with E-state index in [-0.39, 0.29) is 0 Å². The molecule has 0 unspecified atom stereocenters. The van der Waals surface area contributed by atoms with Crippen LogP contribution in [0.3, 0.4) is 0 Å². The average Bonchev–Trinajstić information content (AvgIpc) is 2.66. The van der Waals surface area contributed by atoms with Crippen molar-refractivity contribution in [2.75, 3.05) is 19.8 Å². The highest BCUT2D eigenvalue weighted by atomic mass is 28.4. The molecule has 114 valence electrons. The van der Waals surface area contributed by atoms with Crippen molar-refractivity contribution in [3.05, 3.63) is 0 Å². The van der Waals surface area contributed by atoms with Crippen LogP contribution < -0.4 is 0 Å². The van der Waals surface area contributed by atoms with Gasteiger partial charge < -0.3 is 13.3 Å². The van der Waals surface area contributed by atoms with Gasteiger partial charge in [0.15, 0.2) is 0 Å². The third-order valence-corrected chi connectivity index (χ3v) is 7.01. The Labute approximate surface area is 120 Å². The first kappa shape index (κ1) is 17.1. The fourth-order valence-corrected chi connectivity index (χ4v) is 5.80. The summed E-state index contributed by atoms with van der Waals surface area (Å²) in [5, 5.41) is 0. The maximum absolute atomic E-state index is 5.93. The Hall–Kier alpha value is 0.0969. The molecule has 0 N–H and O–H groups in total. The molecular formula is C15H32O3Si. The van der Waals surface area contributed by atoms with E-state index in [0.717, 1.165) is 12.0 Å². The Kier molecular flexibility index (Phi) is 8.95. The van der Waals surface area contributed by atoms with Crippen molar-refractivity contribution in [2.24, 2.45) is 5.92 Å². The van der Waals surface area contributed by atoms with Crippen LogP contribution in [0, 0.1) is 5.92 Å². The molecule has 0 radical (unpaired) electrons. The molecule has 0 amide bonds. The summed E-state index contributed by atoms with van der Waals surface area (Å²) < 4.78 is 17.8. The van der Waals surface area contributed by atoms with Crippen LogP contribution >= 0.6 is 0 Å². The van der Waals surface area contributed by atoms with Crippen LogP contribution in [0.1, 0.15) is 65.7 Å². The summed E-state index contributed by atoms with van der Waals surface area (Å²) in [6.07, 6.45) is 9.62. The largest absolute Gasteiger partial charge is 0.500 e. The molecule has 0 atom stereocenters. The first-order chi connectivity index (χ1) is 9.26. The smallest absolute Gasteiger partial charge is 0.374 e. The van der Waals surface area contributed by atoms with Crippen molar-refractivity contribution in [1.29, 1.82) is 0 Å². The van der Waals surface area contributed by atoms with Crippen molar-refractivity contribution in [2.45, 2.75) is 71.8 Å². The van der Waals surface area contributed by atoms with Crippen molar-refractivity contribution < 1.29 is 13.3 Å². The molecule has 0 aromatic heterocycles. The lowest BCUT2D eigenvalue weighted by atomic mass is 9.98. The molecule has 0 bridgehead atoms. The van der Waals surface area contributed by atoms with Gasteiger partial charge in [-0.2, -0.15) is 0 Å². The molecule has 0 aliphatic heterocycles. The molecule has 0 aromatic carbocycles. The minimum absolute atomic E-state index is 0.691. The van der Waals surface area contributed by atoms with Crippen LogP contribution in [-0.4, -0.2) is 28.6 Å². The standard InChI is InChI=1S/C15H32O3Si/c1-4-16-19(17-5-2,18-6-3)14-13-15-11-9-7-8-10-12-15/h15H,4-14H2,1-3H3. The van der Waals surface area contributed by atoms with Crippen molar-refractivity contribution >= 4 is 8.80 Å². The van der Waals surface area contributed by atoms with Crippen LogP contribution in [-0.2, 0) is 13.3 Å². The summed E-state index contributed by atoms with van der Waals surface area (Å²) in [4.78, 5) is 0. The van der Waals surface area contributed by atoms with E-state index in [1.807, 2.05) is 20.8 Å². The van der Waals surface area contributed by atoms with E-state index in [1.54, 1.807) is 0 Å². The molecule has 0 saturated heterocycles. The third-order valence-electron chi connectivity index (χ3n) is 3.93. The van der Waals surface area contributed by atoms with Gasteiger partial charge in [0.1, 0.15) is 0 Å². The van der Waals surface area contributed by atoms with Crippen LogP contribution in [0.4, 0.5) is 0 Å². The van der Waals surface area contributed by atoms with Crippen molar-refractivity contribution in [3.63, 3.8) is 0 Å². The summed E-state index contributed by atoms with van der Waals surface area (Å²) in [6.45, 7) is 8.17. The zero-order chi connectivity index (χ0) is 14.0. The van der Waals surface area contributed by atoms with Gasteiger partial charge in [-0.25, -0.2) is 0 Å². The van der Waals surface area contributed by atoms with E-state index in [1.165, 1.54) is 44.9 Å². The number of hydrogen-bond donors (Lipinski definition) is 0. The highest BCUT2D eigenvalue weighted by molar-refractivity contribution is 6.60. The van der Waals surface area contributed by atoms with Gasteiger partial charge in [-0.15, -0.1) is 0 Å². The Bertz CT molecular complexity index is 198. The summed E-state index contributed by atoms with van der Waals surface area (Å²) in [5.41, 5.74) is 0. The van der Waals surface area contributed by atoms with Gasteiger partial charge in [0.25, 0.3) is 0 Å². The number of rotatable bonds is 9. The van der Waals surface area contributed by atoms with E-state index >= 15 is 0 Å². The lowest BCUT2D eigenvalue weighted by Gasteiger charge is -2.29. The minimum atomic E-state index is -2.40. The normalized spacial score (nSPS) is 18.5. The SMILES string of the molecule is CCO[Si](CCC1CCCCCC1)(OCC)OCC. The molecule has 1 saturated carbocycles. The fraction of sp³-hybridized carbons (Fsp3) is 1.00. The van der Waals surface area contributed by atoms with Crippen LogP contribution in [0.5, 0.6) is 0 Å². The van der Waals surface area contributed by atoms with E-state index in [0.29, 0.717) is 19.8 Å². The minimum Gasteiger partial charge on any atom is -0.374 e. The fourth-order valence-electron chi connectivity index (χ4n) is 3.03.